The van der Waals surface area contributed by atoms with Crippen molar-refractivity contribution in [1.82, 2.24) is 0 Å². The number of nitro groups is 1. The smallest absolute Gasteiger partial charge is 0.288 e. The van der Waals surface area contributed by atoms with Crippen LogP contribution in [-0.4, -0.2) is 34.4 Å². The van der Waals surface area contributed by atoms with E-state index in [-0.39, 0.29) is 23.9 Å². The van der Waals surface area contributed by atoms with Crippen LogP contribution in [0.15, 0.2) is 12.1 Å². The lowest BCUT2D eigenvalue weighted by atomic mass is 10.1. The van der Waals surface area contributed by atoms with Crippen LogP contribution in [0.25, 0.3) is 0 Å². The summed E-state index contributed by atoms with van der Waals surface area (Å²) in [6, 6.07) is 2.79. The van der Waals surface area contributed by atoms with Gasteiger partial charge in [-0.1, -0.05) is 11.6 Å². The molecule has 0 fully saturated rings. The Hall–Kier alpha value is -1.37. The molecule has 94 valence electrons. The van der Waals surface area contributed by atoms with Crippen molar-refractivity contribution in [3.63, 3.8) is 0 Å². The monoisotopic (exact) mass is 260 g/mol. The van der Waals surface area contributed by atoms with E-state index in [1.807, 2.05) is 0 Å². The molecule has 0 spiro atoms. The number of halogens is 1. The van der Waals surface area contributed by atoms with Gasteiger partial charge in [-0.05, 0) is 18.6 Å². The molecule has 1 rings (SSSR count). The van der Waals surface area contributed by atoms with Gasteiger partial charge in [0, 0.05) is 18.3 Å². The molecule has 0 amide bonds. The number of benzene rings is 1. The van der Waals surface area contributed by atoms with Crippen LogP contribution in [-0.2, 0) is 0 Å². The molecule has 3 N–H and O–H groups in total. The third kappa shape index (κ3) is 3.55. The standard InChI is InChI=1S/C10H13ClN2O4/c1-6-2-10(13(16)17)8(11)3-9(6)12-4-7(15)5-14/h2-3,7,12,14-15H,4-5H2,1H3. The Kier molecular flexibility index (Phi) is 4.68. The number of rotatable bonds is 5. The first-order valence-electron chi connectivity index (χ1n) is 4.93. The lowest BCUT2D eigenvalue weighted by molar-refractivity contribution is -0.384. The molecule has 0 aromatic heterocycles. The summed E-state index contributed by atoms with van der Waals surface area (Å²) in [7, 11) is 0. The molecule has 0 aliphatic carbocycles. The fourth-order valence-corrected chi connectivity index (χ4v) is 1.52. The molecular weight excluding hydrogens is 248 g/mol. The molecule has 0 aliphatic heterocycles. The summed E-state index contributed by atoms with van der Waals surface area (Å²) in [5, 5.41) is 31.3. The number of anilines is 1. The topological polar surface area (TPSA) is 95.6 Å². The van der Waals surface area contributed by atoms with E-state index in [1.54, 1.807) is 6.92 Å². The van der Waals surface area contributed by atoms with Crippen molar-refractivity contribution in [1.29, 1.82) is 0 Å². The van der Waals surface area contributed by atoms with Crippen LogP contribution in [0.2, 0.25) is 5.02 Å². The van der Waals surface area contributed by atoms with Crippen LogP contribution >= 0.6 is 11.6 Å². The Balaban J connectivity index is 2.88. The minimum atomic E-state index is -0.886. The number of hydrogen-bond acceptors (Lipinski definition) is 5. The van der Waals surface area contributed by atoms with Gasteiger partial charge in [-0.15, -0.1) is 0 Å². The van der Waals surface area contributed by atoms with Crippen LogP contribution in [0, 0.1) is 17.0 Å². The molecule has 7 heteroatoms. The molecule has 0 heterocycles. The van der Waals surface area contributed by atoms with E-state index in [4.69, 9.17) is 21.8 Å². The summed E-state index contributed by atoms with van der Waals surface area (Å²) in [5.74, 6) is 0. The Labute approximate surface area is 103 Å². The van der Waals surface area contributed by atoms with Gasteiger partial charge in [0.05, 0.1) is 17.6 Å². The van der Waals surface area contributed by atoms with E-state index in [0.717, 1.165) is 0 Å². The molecule has 0 saturated heterocycles. The fraction of sp³-hybridized carbons (Fsp3) is 0.400. The fourth-order valence-electron chi connectivity index (χ4n) is 1.29. The zero-order valence-corrected chi connectivity index (χ0v) is 9.94. The van der Waals surface area contributed by atoms with E-state index in [0.29, 0.717) is 11.3 Å². The first-order valence-corrected chi connectivity index (χ1v) is 5.30. The quantitative estimate of drug-likeness (QED) is 0.548. The highest BCUT2D eigenvalue weighted by Gasteiger charge is 2.15. The lowest BCUT2D eigenvalue weighted by Gasteiger charge is -2.12. The molecule has 17 heavy (non-hydrogen) atoms. The van der Waals surface area contributed by atoms with Crippen molar-refractivity contribution < 1.29 is 15.1 Å². The van der Waals surface area contributed by atoms with Crippen molar-refractivity contribution in [2.75, 3.05) is 18.5 Å². The normalized spacial score (nSPS) is 12.2. The van der Waals surface area contributed by atoms with Gasteiger partial charge in [-0.2, -0.15) is 0 Å². The first-order chi connectivity index (χ1) is 7.95. The Bertz CT molecular complexity index is 425. The average molecular weight is 261 g/mol. The molecule has 0 aliphatic rings. The molecule has 1 atom stereocenters. The maximum absolute atomic E-state index is 10.6. The maximum Gasteiger partial charge on any atom is 0.288 e. The van der Waals surface area contributed by atoms with Crippen LogP contribution in [0.4, 0.5) is 11.4 Å². The third-order valence-corrected chi connectivity index (χ3v) is 2.53. The van der Waals surface area contributed by atoms with E-state index in [2.05, 4.69) is 5.32 Å². The van der Waals surface area contributed by atoms with Gasteiger partial charge in [0.15, 0.2) is 0 Å². The summed E-state index contributed by atoms with van der Waals surface area (Å²) >= 11 is 5.75. The van der Waals surface area contributed by atoms with Crippen LogP contribution in [0.1, 0.15) is 5.56 Å². The molecule has 1 aromatic rings. The van der Waals surface area contributed by atoms with Crippen molar-refractivity contribution in [2.24, 2.45) is 0 Å². The predicted molar refractivity (Wildman–Crippen MR) is 64.4 cm³/mol. The molecule has 1 aromatic carbocycles. The van der Waals surface area contributed by atoms with Crippen LogP contribution in [0.3, 0.4) is 0 Å². The van der Waals surface area contributed by atoms with Crippen LogP contribution in [0.5, 0.6) is 0 Å². The third-order valence-electron chi connectivity index (χ3n) is 2.23. The zero-order chi connectivity index (χ0) is 13.0. The zero-order valence-electron chi connectivity index (χ0n) is 9.18. The highest BCUT2D eigenvalue weighted by Crippen LogP contribution is 2.30. The molecule has 0 radical (unpaired) electrons. The summed E-state index contributed by atoms with van der Waals surface area (Å²) in [6.45, 7) is 1.48. The highest BCUT2D eigenvalue weighted by molar-refractivity contribution is 6.33. The Morgan fingerprint density at radius 1 is 1.59 bits per heavy atom. The minimum Gasteiger partial charge on any atom is -0.394 e. The van der Waals surface area contributed by atoms with E-state index in [1.165, 1.54) is 12.1 Å². The van der Waals surface area contributed by atoms with Gasteiger partial charge < -0.3 is 15.5 Å². The summed E-state index contributed by atoms with van der Waals surface area (Å²) in [6.07, 6.45) is -0.886. The number of hydrogen-bond donors (Lipinski definition) is 3. The van der Waals surface area contributed by atoms with Gasteiger partial charge in [-0.3, -0.25) is 10.1 Å². The largest absolute Gasteiger partial charge is 0.394 e. The average Bonchev–Trinajstić information content (AvgIpc) is 2.28. The number of aliphatic hydroxyl groups is 2. The van der Waals surface area contributed by atoms with Crippen molar-refractivity contribution in [3.8, 4) is 0 Å². The number of nitrogens with one attached hydrogen (secondary N) is 1. The van der Waals surface area contributed by atoms with Crippen molar-refractivity contribution >= 4 is 23.0 Å². The number of nitrogens with zero attached hydrogens (tertiary/aromatic N) is 1. The van der Waals surface area contributed by atoms with Gasteiger partial charge in [0.2, 0.25) is 0 Å². The van der Waals surface area contributed by atoms with E-state index >= 15 is 0 Å². The number of aryl methyl sites for hydroxylation is 1. The Morgan fingerprint density at radius 3 is 2.76 bits per heavy atom. The Morgan fingerprint density at radius 2 is 2.24 bits per heavy atom. The summed E-state index contributed by atoms with van der Waals surface area (Å²) < 4.78 is 0. The molecule has 1 unspecified atom stereocenters. The maximum atomic E-state index is 10.6. The van der Waals surface area contributed by atoms with Crippen LogP contribution < -0.4 is 5.32 Å². The van der Waals surface area contributed by atoms with Crippen molar-refractivity contribution in [2.45, 2.75) is 13.0 Å². The lowest BCUT2D eigenvalue weighted by Crippen LogP contribution is -2.23. The molecular formula is C10H13ClN2O4. The predicted octanol–water partition coefficient (Wildman–Crippen LogP) is 1.32. The minimum absolute atomic E-state index is 0.0292. The number of aliphatic hydroxyl groups excluding tert-OH is 2. The van der Waals surface area contributed by atoms with Gasteiger partial charge in [0.25, 0.3) is 5.69 Å². The van der Waals surface area contributed by atoms with E-state index in [9.17, 15) is 10.1 Å². The second kappa shape index (κ2) is 5.81. The number of nitro benzene ring substituents is 1. The van der Waals surface area contributed by atoms with Gasteiger partial charge >= 0.3 is 0 Å². The second-order valence-electron chi connectivity index (χ2n) is 3.59. The molecule has 0 saturated carbocycles. The second-order valence-corrected chi connectivity index (χ2v) is 4.00. The first kappa shape index (κ1) is 13.7. The molecule has 0 bridgehead atoms. The summed E-state index contributed by atoms with van der Waals surface area (Å²) in [5.41, 5.74) is 1.08. The summed E-state index contributed by atoms with van der Waals surface area (Å²) in [4.78, 5) is 10.1. The van der Waals surface area contributed by atoms with Gasteiger partial charge in [-0.25, -0.2) is 0 Å². The molecule has 6 nitrogen and oxygen atoms in total. The van der Waals surface area contributed by atoms with E-state index < -0.39 is 11.0 Å². The van der Waals surface area contributed by atoms with Gasteiger partial charge in [0.1, 0.15) is 5.02 Å². The van der Waals surface area contributed by atoms with Crippen molar-refractivity contribution in [3.05, 3.63) is 32.8 Å². The highest BCUT2D eigenvalue weighted by atomic mass is 35.5. The SMILES string of the molecule is Cc1cc([N+](=O)[O-])c(Cl)cc1NCC(O)CO.